The van der Waals surface area contributed by atoms with Crippen molar-refractivity contribution in [2.45, 2.75) is 12.8 Å². The second kappa shape index (κ2) is 5.33. The summed E-state index contributed by atoms with van der Waals surface area (Å²) in [6.07, 6.45) is 3.78. The van der Waals surface area contributed by atoms with Gasteiger partial charge in [0.2, 0.25) is 0 Å². The molecular formula is C16H16N2O2. The first kappa shape index (κ1) is 12.7. The van der Waals surface area contributed by atoms with Crippen LogP contribution in [-0.4, -0.2) is 28.9 Å². The van der Waals surface area contributed by atoms with E-state index in [4.69, 9.17) is 0 Å². The number of aromatic amines is 1. The Morgan fingerprint density at radius 3 is 2.65 bits per heavy atom. The molecule has 1 N–H and O–H groups in total. The summed E-state index contributed by atoms with van der Waals surface area (Å²) >= 11 is 0. The molecule has 102 valence electrons. The highest BCUT2D eigenvalue weighted by Crippen LogP contribution is 2.19. The summed E-state index contributed by atoms with van der Waals surface area (Å²) in [5.74, 6) is 0.0719. The van der Waals surface area contributed by atoms with E-state index >= 15 is 0 Å². The highest BCUT2D eigenvalue weighted by Gasteiger charge is 2.19. The standard InChI is InChI=1S/C16H16N2O2/c19-14-6-7-17-15(11-14)12-4-3-5-13(10-12)16(20)18-8-1-2-9-18/h3-7,10-11H,1-2,8-9H2,(H,17,19). The van der Waals surface area contributed by atoms with Gasteiger partial charge >= 0.3 is 0 Å². The van der Waals surface area contributed by atoms with Crippen molar-refractivity contribution >= 4 is 5.91 Å². The summed E-state index contributed by atoms with van der Waals surface area (Å²) in [5, 5.41) is 0. The van der Waals surface area contributed by atoms with Gasteiger partial charge in [-0.25, -0.2) is 0 Å². The zero-order chi connectivity index (χ0) is 13.9. The molecule has 0 saturated carbocycles. The van der Waals surface area contributed by atoms with Crippen LogP contribution in [0.15, 0.2) is 47.4 Å². The van der Waals surface area contributed by atoms with Crippen LogP contribution in [0.3, 0.4) is 0 Å². The number of pyridine rings is 1. The summed E-state index contributed by atoms with van der Waals surface area (Å²) in [5.41, 5.74) is 2.21. The van der Waals surface area contributed by atoms with Crippen molar-refractivity contribution in [2.75, 3.05) is 13.1 Å². The van der Waals surface area contributed by atoms with Gasteiger partial charge in [-0.2, -0.15) is 0 Å². The number of rotatable bonds is 2. The fourth-order valence-electron chi connectivity index (χ4n) is 2.53. The Kier molecular flexibility index (Phi) is 3.37. The number of H-pyrrole nitrogens is 1. The Morgan fingerprint density at radius 1 is 1.10 bits per heavy atom. The lowest BCUT2D eigenvalue weighted by Crippen LogP contribution is -2.27. The third kappa shape index (κ3) is 2.50. The molecule has 4 nitrogen and oxygen atoms in total. The first-order valence-electron chi connectivity index (χ1n) is 6.82. The van der Waals surface area contributed by atoms with Crippen molar-refractivity contribution in [3.8, 4) is 11.3 Å². The molecule has 1 aromatic heterocycles. The van der Waals surface area contributed by atoms with Crippen LogP contribution in [0.2, 0.25) is 0 Å². The molecule has 20 heavy (non-hydrogen) atoms. The number of amides is 1. The maximum absolute atomic E-state index is 12.4. The van der Waals surface area contributed by atoms with Gasteiger partial charge in [-0.3, -0.25) is 9.59 Å². The zero-order valence-corrected chi connectivity index (χ0v) is 11.1. The zero-order valence-electron chi connectivity index (χ0n) is 11.1. The quantitative estimate of drug-likeness (QED) is 0.908. The number of hydrogen-bond acceptors (Lipinski definition) is 2. The summed E-state index contributed by atoms with van der Waals surface area (Å²) in [4.78, 5) is 28.7. The van der Waals surface area contributed by atoms with Gasteiger partial charge in [0.1, 0.15) is 0 Å². The van der Waals surface area contributed by atoms with E-state index in [0.717, 1.165) is 37.2 Å². The average Bonchev–Trinajstić information content (AvgIpc) is 3.01. The average molecular weight is 268 g/mol. The SMILES string of the molecule is O=C(c1cccc(-c2cc(=O)cc[nH]2)c1)N1CCCC1. The number of likely N-dealkylation sites (tertiary alicyclic amines) is 1. The van der Waals surface area contributed by atoms with Crippen molar-refractivity contribution < 1.29 is 4.79 Å². The molecule has 0 radical (unpaired) electrons. The maximum Gasteiger partial charge on any atom is 0.253 e. The molecular weight excluding hydrogens is 252 g/mol. The molecule has 0 bridgehead atoms. The minimum atomic E-state index is -0.0463. The number of nitrogens with zero attached hydrogens (tertiary/aromatic N) is 1. The molecule has 0 aliphatic carbocycles. The molecule has 1 aliphatic rings. The molecule has 4 heteroatoms. The van der Waals surface area contributed by atoms with Gasteiger partial charge in [0.15, 0.2) is 5.43 Å². The van der Waals surface area contributed by atoms with Crippen molar-refractivity contribution in [1.82, 2.24) is 9.88 Å². The van der Waals surface area contributed by atoms with Crippen LogP contribution >= 0.6 is 0 Å². The molecule has 1 saturated heterocycles. The lowest BCUT2D eigenvalue weighted by atomic mass is 10.1. The lowest BCUT2D eigenvalue weighted by Gasteiger charge is -2.15. The maximum atomic E-state index is 12.4. The normalized spacial score (nSPS) is 14.5. The van der Waals surface area contributed by atoms with E-state index in [-0.39, 0.29) is 11.3 Å². The van der Waals surface area contributed by atoms with Gasteiger partial charge in [-0.05, 0) is 30.5 Å². The van der Waals surface area contributed by atoms with E-state index in [0.29, 0.717) is 5.56 Å². The topological polar surface area (TPSA) is 53.2 Å². The van der Waals surface area contributed by atoms with Crippen molar-refractivity contribution in [1.29, 1.82) is 0 Å². The molecule has 3 rings (SSSR count). The second-order valence-corrected chi connectivity index (χ2v) is 5.02. The third-order valence-corrected chi connectivity index (χ3v) is 3.59. The number of aromatic nitrogens is 1. The van der Waals surface area contributed by atoms with Gasteiger partial charge in [-0.15, -0.1) is 0 Å². The minimum Gasteiger partial charge on any atom is -0.361 e. The van der Waals surface area contributed by atoms with E-state index in [9.17, 15) is 9.59 Å². The molecule has 0 unspecified atom stereocenters. The first-order chi connectivity index (χ1) is 9.74. The molecule has 1 aromatic carbocycles. The fraction of sp³-hybridized carbons (Fsp3) is 0.250. The van der Waals surface area contributed by atoms with Crippen molar-refractivity contribution in [3.05, 3.63) is 58.4 Å². The number of carbonyl (C=O) groups excluding carboxylic acids is 1. The molecule has 1 aliphatic heterocycles. The summed E-state index contributed by atoms with van der Waals surface area (Å²) in [6, 6.07) is 10.4. The van der Waals surface area contributed by atoms with Gasteiger partial charge in [0, 0.05) is 42.7 Å². The van der Waals surface area contributed by atoms with Crippen LogP contribution in [0.1, 0.15) is 23.2 Å². The Balaban J connectivity index is 1.93. The van der Waals surface area contributed by atoms with Gasteiger partial charge in [-0.1, -0.05) is 12.1 Å². The van der Waals surface area contributed by atoms with Crippen LogP contribution < -0.4 is 5.43 Å². The Bertz CT molecular complexity index is 685. The van der Waals surface area contributed by atoms with Gasteiger partial charge < -0.3 is 9.88 Å². The highest BCUT2D eigenvalue weighted by atomic mass is 16.2. The van der Waals surface area contributed by atoms with E-state index in [1.54, 1.807) is 12.3 Å². The summed E-state index contributed by atoms with van der Waals surface area (Å²) < 4.78 is 0. The number of benzene rings is 1. The van der Waals surface area contributed by atoms with Crippen LogP contribution in [0.25, 0.3) is 11.3 Å². The number of carbonyl (C=O) groups is 1. The van der Waals surface area contributed by atoms with E-state index in [2.05, 4.69) is 4.98 Å². The number of nitrogens with one attached hydrogen (secondary N) is 1. The van der Waals surface area contributed by atoms with Crippen LogP contribution in [-0.2, 0) is 0 Å². The molecule has 1 fully saturated rings. The fourth-order valence-corrected chi connectivity index (χ4v) is 2.53. The molecule has 1 amide bonds. The third-order valence-electron chi connectivity index (χ3n) is 3.59. The van der Waals surface area contributed by atoms with Crippen LogP contribution in [0.4, 0.5) is 0 Å². The summed E-state index contributed by atoms with van der Waals surface area (Å²) in [7, 11) is 0. The molecule has 0 spiro atoms. The predicted molar refractivity (Wildman–Crippen MR) is 77.6 cm³/mol. The molecule has 2 heterocycles. The molecule has 0 atom stereocenters. The Labute approximate surface area is 117 Å². The van der Waals surface area contributed by atoms with E-state index < -0.39 is 0 Å². The first-order valence-corrected chi connectivity index (χ1v) is 6.82. The monoisotopic (exact) mass is 268 g/mol. The highest BCUT2D eigenvalue weighted by molar-refractivity contribution is 5.95. The minimum absolute atomic E-state index is 0.0463. The predicted octanol–water partition coefficient (Wildman–Crippen LogP) is 2.28. The smallest absolute Gasteiger partial charge is 0.253 e. The largest absolute Gasteiger partial charge is 0.361 e. The van der Waals surface area contributed by atoms with E-state index in [1.807, 2.05) is 29.2 Å². The Morgan fingerprint density at radius 2 is 1.90 bits per heavy atom. The van der Waals surface area contributed by atoms with E-state index in [1.165, 1.54) is 6.07 Å². The van der Waals surface area contributed by atoms with Crippen molar-refractivity contribution in [2.24, 2.45) is 0 Å². The van der Waals surface area contributed by atoms with Crippen LogP contribution in [0, 0.1) is 0 Å². The van der Waals surface area contributed by atoms with Gasteiger partial charge in [0.05, 0.1) is 0 Å². The lowest BCUT2D eigenvalue weighted by molar-refractivity contribution is 0.0793. The second-order valence-electron chi connectivity index (χ2n) is 5.02. The summed E-state index contributed by atoms with van der Waals surface area (Å²) in [6.45, 7) is 1.68. The van der Waals surface area contributed by atoms with Crippen LogP contribution in [0.5, 0.6) is 0 Å². The number of hydrogen-bond donors (Lipinski definition) is 1. The Hall–Kier alpha value is -2.36. The molecule has 2 aromatic rings. The van der Waals surface area contributed by atoms with Crippen molar-refractivity contribution in [3.63, 3.8) is 0 Å². The van der Waals surface area contributed by atoms with Gasteiger partial charge in [0.25, 0.3) is 5.91 Å².